The van der Waals surface area contributed by atoms with Crippen molar-refractivity contribution in [2.24, 2.45) is 0 Å². The van der Waals surface area contributed by atoms with Gasteiger partial charge in [0, 0.05) is 12.1 Å². The van der Waals surface area contributed by atoms with E-state index in [9.17, 15) is 52.3 Å². The molecular weight excluding hydrogens is 416 g/mol. The molecule has 4 nitrogen and oxygen atoms in total. The standard InChI is InChI=1S/C11H8F10NO3S/c12-7(6-8(13,14)15)9(16,17)10(18,19)11(20,21)25-26(23,24)22-4-2-1-3-5-22/h1-5,7H,6H2/q+1. The van der Waals surface area contributed by atoms with Gasteiger partial charge in [0.25, 0.3) is 0 Å². The molecule has 1 aromatic heterocycles. The highest BCUT2D eigenvalue weighted by molar-refractivity contribution is 7.80. The van der Waals surface area contributed by atoms with Crippen LogP contribution < -0.4 is 3.97 Å². The van der Waals surface area contributed by atoms with Crippen molar-refractivity contribution in [3.63, 3.8) is 0 Å². The van der Waals surface area contributed by atoms with Gasteiger partial charge in [-0.05, 0) is 0 Å². The first kappa shape index (κ1) is 22.4. The summed E-state index contributed by atoms with van der Waals surface area (Å²) in [5.41, 5.74) is 0. The Bertz CT molecular complexity index is 719. The summed E-state index contributed by atoms with van der Waals surface area (Å²) in [5.74, 6) is -13.5. The third-order valence-electron chi connectivity index (χ3n) is 2.74. The van der Waals surface area contributed by atoms with Gasteiger partial charge in [-0.15, -0.1) is 12.6 Å². The molecule has 0 aliphatic heterocycles. The summed E-state index contributed by atoms with van der Waals surface area (Å²) < 4.78 is 154. The number of alkyl halides is 10. The lowest BCUT2D eigenvalue weighted by Crippen LogP contribution is -2.62. The van der Waals surface area contributed by atoms with Crippen LogP contribution in [0.5, 0.6) is 0 Å². The Hall–Kier alpha value is -1.64. The van der Waals surface area contributed by atoms with Gasteiger partial charge in [-0.2, -0.15) is 39.5 Å². The highest BCUT2D eigenvalue weighted by Crippen LogP contribution is 2.50. The van der Waals surface area contributed by atoms with Gasteiger partial charge < -0.3 is 0 Å². The lowest BCUT2D eigenvalue weighted by atomic mass is 10.0. The molecule has 1 aromatic rings. The molecule has 0 aliphatic rings. The Morgan fingerprint density at radius 3 is 1.77 bits per heavy atom. The van der Waals surface area contributed by atoms with E-state index < -0.39 is 47.0 Å². The average Bonchev–Trinajstić information content (AvgIpc) is 2.44. The van der Waals surface area contributed by atoms with E-state index in [1.54, 1.807) is 0 Å². The van der Waals surface area contributed by atoms with E-state index in [-0.39, 0.29) is 3.97 Å². The predicted octanol–water partition coefficient (Wildman–Crippen LogP) is 3.24. The maximum absolute atomic E-state index is 13.4. The van der Waals surface area contributed by atoms with E-state index in [1.807, 2.05) is 0 Å². The van der Waals surface area contributed by atoms with Crippen LogP contribution in [0, 0.1) is 0 Å². The third-order valence-corrected chi connectivity index (χ3v) is 3.92. The van der Waals surface area contributed by atoms with Crippen molar-refractivity contribution in [3.8, 4) is 0 Å². The van der Waals surface area contributed by atoms with Gasteiger partial charge in [0.15, 0.2) is 18.6 Å². The SMILES string of the molecule is O=S(=O)(OC(F)(F)C(F)(F)C(F)(F)C(F)CC(F)(F)F)[n+]1ccccc1. The van der Waals surface area contributed by atoms with Crippen LogP contribution in [-0.2, 0) is 14.5 Å². The molecule has 0 radical (unpaired) electrons. The quantitative estimate of drug-likeness (QED) is 0.499. The van der Waals surface area contributed by atoms with Crippen LogP contribution in [-0.4, -0.2) is 38.7 Å². The van der Waals surface area contributed by atoms with Crippen molar-refractivity contribution in [1.82, 2.24) is 0 Å². The number of aromatic nitrogens is 1. The highest BCUT2D eigenvalue weighted by Gasteiger charge is 2.78. The van der Waals surface area contributed by atoms with Gasteiger partial charge in [-0.3, -0.25) is 0 Å². The summed E-state index contributed by atoms with van der Waals surface area (Å²) in [4.78, 5) is 0. The van der Waals surface area contributed by atoms with Crippen molar-refractivity contribution < 1.29 is 60.5 Å². The molecule has 0 saturated heterocycles. The zero-order valence-electron chi connectivity index (χ0n) is 12.0. The topological polar surface area (TPSA) is 47.3 Å². The first-order valence-electron chi connectivity index (χ1n) is 6.21. The summed E-state index contributed by atoms with van der Waals surface area (Å²) in [7, 11) is -5.81. The van der Waals surface area contributed by atoms with E-state index in [0.717, 1.165) is 18.2 Å². The predicted molar refractivity (Wildman–Crippen MR) is 62.4 cm³/mol. The molecule has 15 heteroatoms. The average molecular weight is 424 g/mol. The summed E-state index contributed by atoms with van der Waals surface area (Å²) in [6.07, 6.45) is -19.3. The van der Waals surface area contributed by atoms with Gasteiger partial charge in [0.1, 0.15) is 0 Å². The van der Waals surface area contributed by atoms with E-state index in [0.29, 0.717) is 12.4 Å². The number of halogens is 10. The van der Waals surface area contributed by atoms with Gasteiger partial charge in [-0.1, -0.05) is 10.0 Å². The number of hydrogen-bond acceptors (Lipinski definition) is 3. The molecule has 0 amide bonds. The normalized spacial score (nSPS) is 15.8. The minimum absolute atomic E-state index is 0.211. The highest BCUT2D eigenvalue weighted by atomic mass is 32.2. The van der Waals surface area contributed by atoms with Crippen LogP contribution in [0.1, 0.15) is 6.42 Å². The maximum Gasteiger partial charge on any atom is 0.519 e. The molecule has 0 aliphatic carbocycles. The van der Waals surface area contributed by atoms with Crippen LogP contribution in [0.15, 0.2) is 30.6 Å². The smallest absolute Gasteiger partial charge is 0.240 e. The van der Waals surface area contributed by atoms with Crippen molar-refractivity contribution in [1.29, 1.82) is 0 Å². The summed E-state index contributed by atoms with van der Waals surface area (Å²) in [6, 6.07) is 2.98. The second-order valence-electron chi connectivity index (χ2n) is 4.75. The maximum atomic E-state index is 13.4. The second-order valence-corrected chi connectivity index (χ2v) is 6.19. The van der Waals surface area contributed by atoms with Crippen LogP contribution >= 0.6 is 0 Å². The Morgan fingerprint density at radius 1 is 0.885 bits per heavy atom. The van der Waals surface area contributed by atoms with Gasteiger partial charge in [-0.25, -0.2) is 4.39 Å². The Morgan fingerprint density at radius 2 is 1.35 bits per heavy atom. The molecular formula is C11H8F10NO3S+. The molecule has 0 aromatic carbocycles. The number of rotatable bonds is 7. The van der Waals surface area contributed by atoms with Crippen molar-refractivity contribution in [2.75, 3.05) is 0 Å². The largest absolute Gasteiger partial charge is 0.519 e. The van der Waals surface area contributed by atoms with E-state index in [4.69, 9.17) is 0 Å². The molecule has 1 unspecified atom stereocenters. The third kappa shape index (κ3) is 4.55. The van der Waals surface area contributed by atoms with Crippen LogP contribution in [0.2, 0.25) is 0 Å². The summed E-state index contributed by atoms with van der Waals surface area (Å²) in [6.45, 7) is 0. The summed E-state index contributed by atoms with van der Waals surface area (Å²) in [5, 5.41) is 0. The molecule has 0 bridgehead atoms. The fourth-order valence-electron chi connectivity index (χ4n) is 1.48. The van der Waals surface area contributed by atoms with E-state index >= 15 is 0 Å². The molecule has 150 valence electrons. The van der Waals surface area contributed by atoms with Crippen molar-refractivity contribution in [3.05, 3.63) is 30.6 Å². The van der Waals surface area contributed by atoms with Gasteiger partial charge in [0.2, 0.25) is 0 Å². The first-order chi connectivity index (χ1) is 11.4. The molecule has 0 fully saturated rings. The lowest BCUT2D eigenvalue weighted by Gasteiger charge is -2.32. The van der Waals surface area contributed by atoms with E-state index in [1.165, 1.54) is 0 Å². The van der Waals surface area contributed by atoms with Crippen molar-refractivity contribution >= 4 is 10.3 Å². The van der Waals surface area contributed by atoms with Gasteiger partial charge in [0.05, 0.1) is 6.42 Å². The Balaban J connectivity index is 3.19. The Kier molecular flexibility index (Phi) is 5.88. The molecule has 26 heavy (non-hydrogen) atoms. The molecule has 0 spiro atoms. The van der Waals surface area contributed by atoms with Crippen LogP contribution in [0.25, 0.3) is 0 Å². The summed E-state index contributed by atoms with van der Waals surface area (Å²) >= 11 is 0. The van der Waals surface area contributed by atoms with Crippen LogP contribution in [0.4, 0.5) is 43.9 Å². The number of hydrogen-bond donors (Lipinski definition) is 0. The van der Waals surface area contributed by atoms with Crippen molar-refractivity contribution in [2.45, 2.75) is 36.7 Å². The molecule has 1 rings (SSSR count). The second kappa shape index (κ2) is 6.83. The molecule has 1 atom stereocenters. The minimum Gasteiger partial charge on any atom is -0.240 e. The number of pyridine rings is 1. The molecule has 0 N–H and O–H groups in total. The van der Waals surface area contributed by atoms with Crippen LogP contribution in [0.3, 0.4) is 0 Å². The molecule has 1 heterocycles. The van der Waals surface area contributed by atoms with Gasteiger partial charge >= 0.3 is 34.4 Å². The molecule has 0 saturated carbocycles. The number of nitrogens with zero attached hydrogens (tertiary/aromatic N) is 1. The first-order valence-corrected chi connectivity index (χ1v) is 7.57. The Labute approximate surface area is 139 Å². The fourth-order valence-corrected chi connectivity index (χ4v) is 2.38. The van der Waals surface area contributed by atoms with E-state index in [2.05, 4.69) is 4.18 Å². The zero-order valence-corrected chi connectivity index (χ0v) is 12.8. The lowest BCUT2D eigenvalue weighted by molar-refractivity contribution is -0.528. The fraction of sp³-hybridized carbons (Fsp3) is 0.545. The zero-order chi connectivity index (χ0) is 20.6. The minimum atomic E-state index is -6.94. The monoisotopic (exact) mass is 424 g/mol.